The van der Waals surface area contributed by atoms with Crippen LogP contribution in [0.5, 0.6) is 0 Å². The zero-order chi connectivity index (χ0) is 15.5. The van der Waals surface area contributed by atoms with E-state index in [0.717, 1.165) is 19.4 Å². The highest BCUT2D eigenvalue weighted by atomic mass is 16.7. The molecule has 120 valence electrons. The third-order valence-electron chi connectivity index (χ3n) is 5.02. The predicted octanol–water partition coefficient (Wildman–Crippen LogP) is 5.07. The summed E-state index contributed by atoms with van der Waals surface area (Å²) in [7, 11) is 0. The fraction of sp³-hybridized carbons (Fsp3) is 0.429. The summed E-state index contributed by atoms with van der Waals surface area (Å²) >= 11 is 0. The van der Waals surface area contributed by atoms with Crippen molar-refractivity contribution < 1.29 is 9.47 Å². The van der Waals surface area contributed by atoms with E-state index >= 15 is 0 Å². The van der Waals surface area contributed by atoms with E-state index in [1.165, 1.54) is 24.0 Å². The summed E-state index contributed by atoms with van der Waals surface area (Å²) in [6.45, 7) is 0.832. The van der Waals surface area contributed by atoms with Crippen LogP contribution in [0, 0.1) is 5.92 Å². The molecule has 0 bridgehead atoms. The van der Waals surface area contributed by atoms with Crippen LogP contribution in [0.25, 0.3) is 0 Å². The molecule has 1 aliphatic carbocycles. The highest BCUT2D eigenvalue weighted by Crippen LogP contribution is 2.55. The minimum atomic E-state index is -0.0361. The monoisotopic (exact) mass is 308 g/mol. The van der Waals surface area contributed by atoms with E-state index in [0.29, 0.717) is 11.8 Å². The summed E-state index contributed by atoms with van der Waals surface area (Å²) in [5.74, 6) is 1.18. The molecule has 4 atom stereocenters. The average molecular weight is 308 g/mol. The summed E-state index contributed by atoms with van der Waals surface area (Å²) in [6, 6.07) is 21.5. The molecule has 1 saturated carbocycles. The lowest BCUT2D eigenvalue weighted by Crippen LogP contribution is -2.25. The zero-order valence-corrected chi connectivity index (χ0v) is 13.4. The molecule has 0 aromatic heterocycles. The molecule has 2 nitrogen and oxygen atoms in total. The molecule has 2 aromatic carbocycles. The van der Waals surface area contributed by atoms with Crippen LogP contribution < -0.4 is 0 Å². The van der Waals surface area contributed by atoms with Crippen LogP contribution >= 0.6 is 0 Å². The number of hydrogen-bond acceptors (Lipinski definition) is 2. The van der Waals surface area contributed by atoms with E-state index < -0.39 is 0 Å². The van der Waals surface area contributed by atoms with Gasteiger partial charge in [0.2, 0.25) is 0 Å². The van der Waals surface area contributed by atoms with Crippen LogP contribution in [0.4, 0.5) is 0 Å². The van der Waals surface area contributed by atoms with Crippen LogP contribution in [0.15, 0.2) is 60.7 Å². The summed E-state index contributed by atoms with van der Waals surface area (Å²) < 4.78 is 12.3. The molecule has 23 heavy (non-hydrogen) atoms. The number of hydrogen-bond donors (Lipinski definition) is 0. The predicted molar refractivity (Wildman–Crippen MR) is 91.1 cm³/mol. The third kappa shape index (κ3) is 3.49. The van der Waals surface area contributed by atoms with Crippen molar-refractivity contribution in [1.82, 2.24) is 0 Å². The molecule has 0 N–H and O–H groups in total. The van der Waals surface area contributed by atoms with Gasteiger partial charge in [-0.2, -0.15) is 0 Å². The van der Waals surface area contributed by atoms with Gasteiger partial charge in [0.1, 0.15) is 0 Å². The molecule has 2 fully saturated rings. The van der Waals surface area contributed by atoms with Crippen molar-refractivity contribution >= 4 is 0 Å². The van der Waals surface area contributed by atoms with Crippen molar-refractivity contribution in [3.63, 3.8) is 0 Å². The molecule has 2 aromatic rings. The van der Waals surface area contributed by atoms with Crippen molar-refractivity contribution in [3.8, 4) is 0 Å². The molecular formula is C21H24O2. The molecule has 4 rings (SSSR count). The second-order valence-corrected chi connectivity index (χ2v) is 6.68. The Morgan fingerprint density at radius 3 is 2.35 bits per heavy atom. The molecule has 2 heteroatoms. The minimum absolute atomic E-state index is 0.0361. The van der Waals surface area contributed by atoms with E-state index in [2.05, 4.69) is 60.7 Å². The van der Waals surface area contributed by atoms with E-state index in [-0.39, 0.29) is 12.4 Å². The van der Waals surface area contributed by atoms with E-state index in [4.69, 9.17) is 9.47 Å². The van der Waals surface area contributed by atoms with Gasteiger partial charge in [-0.15, -0.1) is 0 Å². The lowest BCUT2D eigenvalue weighted by molar-refractivity contribution is -0.194. The third-order valence-corrected chi connectivity index (χ3v) is 5.02. The molecule has 0 radical (unpaired) electrons. The van der Waals surface area contributed by atoms with Crippen LogP contribution in [0.3, 0.4) is 0 Å². The average Bonchev–Trinajstić information content (AvgIpc) is 3.43. The van der Waals surface area contributed by atoms with E-state index in [9.17, 15) is 0 Å². The Bertz CT molecular complexity index is 604. The van der Waals surface area contributed by atoms with Gasteiger partial charge in [-0.25, -0.2) is 0 Å². The topological polar surface area (TPSA) is 18.5 Å². The second kappa shape index (κ2) is 6.86. The van der Waals surface area contributed by atoms with Gasteiger partial charge in [-0.05, 0) is 48.6 Å². The Labute approximate surface area is 138 Å². The quantitative estimate of drug-likeness (QED) is 0.767. The first-order valence-electron chi connectivity index (χ1n) is 8.79. The molecule has 0 spiro atoms. The fourth-order valence-electron chi connectivity index (χ4n) is 3.68. The lowest BCUT2D eigenvalue weighted by Gasteiger charge is -2.28. The van der Waals surface area contributed by atoms with Gasteiger partial charge < -0.3 is 9.47 Å². The second-order valence-electron chi connectivity index (χ2n) is 6.68. The molecule has 1 saturated heterocycles. The standard InChI is InChI=1S/C21H24O2/c1-3-9-16(10-4-1)18-15-19(18)21(17-11-5-2-6-12-17)23-20-13-7-8-14-22-20/h1-6,9-12,18-21H,7-8,13-15H2. The van der Waals surface area contributed by atoms with E-state index in [1.807, 2.05) is 0 Å². The zero-order valence-electron chi connectivity index (χ0n) is 13.4. The Balaban J connectivity index is 1.52. The Hall–Kier alpha value is -1.64. The van der Waals surface area contributed by atoms with Gasteiger partial charge in [0.15, 0.2) is 6.29 Å². The maximum atomic E-state index is 6.43. The molecular weight excluding hydrogens is 284 g/mol. The molecule has 4 unspecified atom stereocenters. The molecule has 0 amide bonds. The number of benzene rings is 2. The van der Waals surface area contributed by atoms with Crippen LogP contribution in [0.2, 0.25) is 0 Å². The van der Waals surface area contributed by atoms with Gasteiger partial charge in [-0.1, -0.05) is 60.7 Å². The Morgan fingerprint density at radius 1 is 0.913 bits per heavy atom. The molecule has 1 heterocycles. The maximum Gasteiger partial charge on any atom is 0.158 e. The van der Waals surface area contributed by atoms with Crippen molar-refractivity contribution in [2.75, 3.05) is 6.61 Å². The first-order chi connectivity index (χ1) is 11.4. The van der Waals surface area contributed by atoms with Crippen LogP contribution in [-0.4, -0.2) is 12.9 Å². The van der Waals surface area contributed by atoms with E-state index in [1.54, 1.807) is 0 Å². The normalized spacial score (nSPS) is 28.3. The Kier molecular flexibility index (Phi) is 4.45. The smallest absolute Gasteiger partial charge is 0.158 e. The summed E-state index contributed by atoms with van der Waals surface area (Å²) in [5, 5.41) is 0. The van der Waals surface area contributed by atoms with Crippen molar-refractivity contribution in [2.24, 2.45) is 5.92 Å². The van der Waals surface area contributed by atoms with Gasteiger partial charge in [0.25, 0.3) is 0 Å². The Morgan fingerprint density at radius 2 is 1.65 bits per heavy atom. The van der Waals surface area contributed by atoms with Crippen molar-refractivity contribution in [3.05, 3.63) is 71.8 Å². The summed E-state index contributed by atoms with van der Waals surface area (Å²) in [5.41, 5.74) is 2.72. The minimum Gasteiger partial charge on any atom is -0.353 e. The van der Waals surface area contributed by atoms with Crippen LogP contribution in [0.1, 0.15) is 48.8 Å². The first-order valence-corrected chi connectivity index (χ1v) is 8.79. The van der Waals surface area contributed by atoms with Crippen LogP contribution in [-0.2, 0) is 9.47 Å². The summed E-state index contributed by atoms with van der Waals surface area (Å²) in [4.78, 5) is 0. The number of rotatable bonds is 5. The van der Waals surface area contributed by atoms with Gasteiger partial charge in [-0.3, -0.25) is 0 Å². The first kappa shape index (κ1) is 14.9. The number of ether oxygens (including phenoxy) is 2. The largest absolute Gasteiger partial charge is 0.353 e. The van der Waals surface area contributed by atoms with Crippen molar-refractivity contribution in [2.45, 2.75) is 44.0 Å². The highest BCUT2D eigenvalue weighted by Gasteiger charge is 2.46. The van der Waals surface area contributed by atoms with Gasteiger partial charge in [0, 0.05) is 6.61 Å². The van der Waals surface area contributed by atoms with Crippen molar-refractivity contribution in [1.29, 1.82) is 0 Å². The molecule has 1 aliphatic heterocycles. The highest BCUT2D eigenvalue weighted by molar-refractivity contribution is 5.29. The lowest BCUT2D eigenvalue weighted by atomic mass is 10.0. The van der Waals surface area contributed by atoms with Gasteiger partial charge >= 0.3 is 0 Å². The maximum absolute atomic E-state index is 6.43. The fourth-order valence-corrected chi connectivity index (χ4v) is 3.68. The molecule has 2 aliphatic rings. The van der Waals surface area contributed by atoms with Gasteiger partial charge in [0.05, 0.1) is 6.10 Å². The summed E-state index contributed by atoms with van der Waals surface area (Å²) in [6.07, 6.45) is 4.70. The SMILES string of the molecule is c1ccc(C2CC2C(OC2CCCCO2)c2ccccc2)cc1.